The van der Waals surface area contributed by atoms with Gasteiger partial charge in [-0.15, -0.1) is 0 Å². The highest BCUT2D eigenvalue weighted by atomic mass is 32.2. The molecule has 0 aromatic rings. The van der Waals surface area contributed by atoms with Crippen LogP contribution in [0.2, 0.25) is 0 Å². The van der Waals surface area contributed by atoms with Crippen molar-refractivity contribution in [3.8, 4) is 0 Å². The standard InChI is InChI=1S/C13H26N2OS/c1-13(2)5-6-15(7-9-17-13)11(10-14)12-4-3-8-16-12/h11-12H,3-10,14H2,1-2H3. The summed E-state index contributed by atoms with van der Waals surface area (Å²) in [5.41, 5.74) is 5.97. The van der Waals surface area contributed by atoms with E-state index >= 15 is 0 Å². The van der Waals surface area contributed by atoms with Gasteiger partial charge < -0.3 is 10.5 Å². The maximum Gasteiger partial charge on any atom is 0.0743 e. The number of ether oxygens (including phenoxy) is 1. The second-order valence-electron chi connectivity index (χ2n) is 5.75. The van der Waals surface area contributed by atoms with Crippen molar-refractivity contribution in [1.29, 1.82) is 0 Å². The molecule has 3 nitrogen and oxygen atoms in total. The summed E-state index contributed by atoms with van der Waals surface area (Å²) < 4.78 is 6.24. The predicted molar refractivity (Wildman–Crippen MR) is 74.5 cm³/mol. The molecular weight excluding hydrogens is 232 g/mol. The summed E-state index contributed by atoms with van der Waals surface area (Å²) >= 11 is 2.09. The van der Waals surface area contributed by atoms with E-state index in [0.717, 1.165) is 19.7 Å². The predicted octanol–water partition coefficient (Wildman–Crippen LogP) is 1.71. The van der Waals surface area contributed by atoms with Crippen molar-refractivity contribution >= 4 is 11.8 Å². The Morgan fingerprint density at radius 1 is 1.47 bits per heavy atom. The number of hydrogen-bond donors (Lipinski definition) is 1. The molecule has 2 aliphatic rings. The number of rotatable bonds is 3. The van der Waals surface area contributed by atoms with E-state index in [4.69, 9.17) is 10.5 Å². The molecule has 2 heterocycles. The van der Waals surface area contributed by atoms with Crippen LogP contribution in [0.5, 0.6) is 0 Å². The minimum Gasteiger partial charge on any atom is -0.377 e. The van der Waals surface area contributed by atoms with E-state index < -0.39 is 0 Å². The van der Waals surface area contributed by atoms with Gasteiger partial charge in [0.25, 0.3) is 0 Å². The van der Waals surface area contributed by atoms with Crippen LogP contribution in [-0.4, -0.2) is 53.8 Å². The molecule has 2 fully saturated rings. The Balaban J connectivity index is 1.94. The van der Waals surface area contributed by atoms with Crippen LogP contribution >= 0.6 is 11.8 Å². The normalized spacial score (nSPS) is 32.3. The number of nitrogens with zero attached hydrogens (tertiary/aromatic N) is 1. The Morgan fingerprint density at radius 2 is 2.29 bits per heavy atom. The molecule has 0 radical (unpaired) electrons. The van der Waals surface area contributed by atoms with Crippen LogP contribution in [0.1, 0.15) is 33.1 Å². The van der Waals surface area contributed by atoms with Crippen molar-refractivity contribution in [3.63, 3.8) is 0 Å². The first kappa shape index (κ1) is 13.7. The van der Waals surface area contributed by atoms with E-state index in [9.17, 15) is 0 Å². The zero-order valence-corrected chi connectivity index (χ0v) is 12.0. The number of nitrogens with two attached hydrogens (primary N) is 1. The molecule has 0 bridgehead atoms. The molecule has 2 rings (SSSR count). The van der Waals surface area contributed by atoms with Gasteiger partial charge in [0.1, 0.15) is 0 Å². The quantitative estimate of drug-likeness (QED) is 0.836. The molecule has 0 saturated carbocycles. The average Bonchev–Trinajstić information content (AvgIpc) is 2.73. The van der Waals surface area contributed by atoms with Crippen LogP contribution in [0.25, 0.3) is 0 Å². The summed E-state index contributed by atoms with van der Waals surface area (Å²) in [5.74, 6) is 1.22. The van der Waals surface area contributed by atoms with Gasteiger partial charge in [-0.2, -0.15) is 11.8 Å². The molecular formula is C13H26N2OS. The highest BCUT2D eigenvalue weighted by molar-refractivity contribution is 8.00. The molecule has 0 spiro atoms. The molecule has 100 valence electrons. The van der Waals surface area contributed by atoms with Crippen molar-refractivity contribution in [1.82, 2.24) is 4.90 Å². The zero-order chi connectivity index (χ0) is 12.3. The lowest BCUT2D eigenvalue weighted by Gasteiger charge is -2.33. The van der Waals surface area contributed by atoms with Gasteiger partial charge in [-0.25, -0.2) is 0 Å². The molecule has 0 aromatic carbocycles. The molecule has 2 atom stereocenters. The molecule has 2 saturated heterocycles. The summed E-state index contributed by atoms with van der Waals surface area (Å²) in [7, 11) is 0. The first-order valence-electron chi connectivity index (χ1n) is 6.82. The highest BCUT2D eigenvalue weighted by Gasteiger charge is 2.32. The first-order valence-corrected chi connectivity index (χ1v) is 7.81. The van der Waals surface area contributed by atoms with E-state index in [1.165, 1.54) is 31.6 Å². The maximum atomic E-state index is 5.97. The molecule has 17 heavy (non-hydrogen) atoms. The van der Waals surface area contributed by atoms with Crippen LogP contribution in [-0.2, 0) is 4.74 Å². The van der Waals surface area contributed by atoms with E-state index in [0.29, 0.717) is 16.9 Å². The van der Waals surface area contributed by atoms with Crippen LogP contribution in [0.15, 0.2) is 0 Å². The Morgan fingerprint density at radius 3 is 2.94 bits per heavy atom. The smallest absolute Gasteiger partial charge is 0.0743 e. The fourth-order valence-corrected chi connectivity index (χ4v) is 3.92. The topological polar surface area (TPSA) is 38.5 Å². The second kappa shape index (κ2) is 5.91. The summed E-state index contributed by atoms with van der Waals surface area (Å²) in [5, 5.41) is 0. The van der Waals surface area contributed by atoms with Gasteiger partial charge in [0.05, 0.1) is 6.10 Å². The summed E-state index contributed by atoms with van der Waals surface area (Å²) in [6.45, 7) is 8.69. The molecule has 0 aliphatic carbocycles. The Hall–Kier alpha value is 0.230. The van der Waals surface area contributed by atoms with Gasteiger partial charge in [-0.3, -0.25) is 4.90 Å². The van der Waals surface area contributed by atoms with Gasteiger partial charge in [0.2, 0.25) is 0 Å². The van der Waals surface area contributed by atoms with Gasteiger partial charge in [-0.1, -0.05) is 13.8 Å². The van der Waals surface area contributed by atoms with E-state index in [-0.39, 0.29) is 0 Å². The van der Waals surface area contributed by atoms with E-state index in [1.54, 1.807) is 0 Å². The van der Waals surface area contributed by atoms with Gasteiger partial charge in [0.15, 0.2) is 0 Å². The molecule has 2 N–H and O–H groups in total. The monoisotopic (exact) mass is 258 g/mol. The molecule has 2 aliphatic heterocycles. The SMILES string of the molecule is CC1(C)CCN(C(CN)C2CCCO2)CCS1. The number of thioether (sulfide) groups is 1. The fourth-order valence-electron chi connectivity index (χ4n) is 2.81. The first-order chi connectivity index (χ1) is 8.12. The minimum atomic E-state index is 0.381. The average molecular weight is 258 g/mol. The maximum absolute atomic E-state index is 5.97. The van der Waals surface area contributed by atoms with Crippen molar-refractivity contribution in [3.05, 3.63) is 0 Å². The molecule has 4 heteroatoms. The Labute approximate surface area is 109 Å². The Kier molecular flexibility index (Phi) is 4.75. The van der Waals surface area contributed by atoms with Crippen LogP contribution in [0.3, 0.4) is 0 Å². The lowest BCUT2D eigenvalue weighted by Crippen LogP contribution is -2.49. The summed E-state index contributed by atoms with van der Waals surface area (Å²) in [4.78, 5) is 2.57. The second-order valence-corrected chi connectivity index (χ2v) is 7.55. The zero-order valence-electron chi connectivity index (χ0n) is 11.2. The Bertz CT molecular complexity index is 242. The summed E-state index contributed by atoms with van der Waals surface area (Å²) in [6, 6.07) is 0.437. The van der Waals surface area contributed by atoms with Gasteiger partial charge in [-0.05, 0) is 25.8 Å². The largest absolute Gasteiger partial charge is 0.377 e. The van der Waals surface area contributed by atoms with Crippen LogP contribution < -0.4 is 5.73 Å². The van der Waals surface area contributed by atoms with Gasteiger partial charge >= 0.3 is 0 Å². The highest BCUT2D eigenvalue weighted by Crippen LogP contribution is 2.32. The van der Waals surface area contributed by atoms with Crippen molar-refractivity contribution in [2.75, 3.05) is 32.0 Å². The third-order valence-electron chi connectivity index (χ3n) is 3.98. The third-order valence-corrected chi connectivity index (χ3v) is 5.35. The lowest BCUT2D eigenvalue weighted by molar-refractivity contribution is 0.0292. The van der Waals surface area contributed by atoms with Crippen molar-refractivity contribution in [2.45, 2.75) is 50.0 Å². The third kappa shape index (κ3) is 3.60. The van der Waals surface area contributed by atoms with E-state index in [1.807, 2.05) is 0 Å². The van der Waals surface area contributed by atoms with E-state index in [2.05, 4.69) is 30.5 Å². The molecule has 2 unspecified atom stereocenters. The van der Waals surface area contributed by atoms with Gasteiger partial charge in [0, 0.05) is 36.2 Å². The minimum absolute atomic E-state index is 0.381. The fraction of sp³-hybridized carbons (Fsp3) is 1.00. The van der Waals surface area contributed by atoms with Crippen LogP contribution in [0.4, 0.5) is 0 Å². The number of hydrogen-bond acceptors (Lipinski definition) is 4. The lowest BCUT2D eigenvalue weighted by atomic mass is 10.0. The molecule has 0 aromatic heterocycles. The van der Waals surface area contributed by atoms with Crippen molar-refractivity contribution in [2.24, 2.45) is 5.73 Å². The summed E-state index contributed by atoms with van der Waals surface area (Å²) in [6.07, 6.45) is 4.02. The van der Waals surface area contributed by atoms with Crippen molar-refractivity contribution < 1.29 is 4.74 Å². The van der Waals surface area contributed by atoms with Crippen LogP contribution in [0, 0.1) is 0 Å². The molecule has 0 amide bonds.